The van der Waals surface area contributed by atoms with E-state index in [0.717, 1.165) is 10.0 Å². The molecule has 25 heavy (non-hydrogen) atoms. The number of carboxylic acids is 1. The monoisotopic (exact) mass is 425 g/mol. The number of carbonyl (C=O) groups excluding carboxylic acids is 1. The molecule has 0 bridgehead atoms. The van der Waals surface area contributed by atoms with Gasteiger partial charge in [0.2, 0.25) is 5.91 Å². The van der Waals surface area contributed by atoms with Gasteiger partial charge in [-0.05, 0) is 58.2 Å². The molecular formula is C18H17BrClNO4. The number of benzene rings is 2. The Bertz CT molecular complexity index is 766. The summed E-state index contributed by atoms with van der Waals surface area (Å²) in [4.78, 5) is 22.8. The van der Waals surface area contributed by atoms with E-state index in [-0.39, 0.29) is 11.5 Å². The number of carboxylic acid groups (broad SMARTS) is 1. The van der Waals surface area contributed by atoms with Crippen LogP contribution in [0.2, 0.25) is 5.02 Å². The van der Waals surface area contributed by atoms with Crippen LogP contribution in [0.25, 0.3) is 0 Å². The van der Waals surface area contributed by atoms with Crippen molar-refractivity contribution in [2.24, 2.45) is 0 Å². The molecule has 0 radical (unpaired) electrons. The number of hydrogen-bond acceptors (Lipinski definition) is 3. The lowest BCUT2D eigenvalue weighted by molar-refractivity contribution is -0.121. The van der Waals surface area contributed by atoms with Gasteiger partial charge in [0.25, 0.3) is 0 Å². The minimum Gasteiger partial charge on any atom is -0.492 e. The van der Waals surface area contributed by atoms with E-state index in [1.807, 2.05) is 0 Å². The molecule has 1 amide bonds. The molecule has 7 heteroatoms. The van der Waals surface area contributed by atoms with E-state index >= 15 is 0 Å². The van der Waals surface area contributed by atoms with Crippen LogP contribution < -0.4 is 10.1 Å². The lowest BCUT2D eigenvalue weighted by Gasteiger charge is -2.09. The van der Waals surface area contributed by atoms with Gasteiger partial charge < -0.3 is 15.2 Å². The second-order valence-corrected chi connectivity index (χ2v) is 6.60. The van der Waals surface area contributed by atoms with Gasteiger partial charge in [0.1, 0.15) is 5.75 Å². The van der Waals surface area contributed by atoms with Crippen molar-refractivity contribution in [3.8, 4) is 5.75 Å². The molecule has 0 spiro atoms. The topological polar surface area (TPSA) is 75.6 Å². The Kier molecular flexibility index (Phi) is 7.28. The molecule has 0 fully saturated rings. The van der Waals surface area contributed by atoms with Gasteiger partial charge in [0.15, 0.2) is 0 Å². The SMILES string of the molecule is O=C(CCCOc1ccc(Cl)cc1Br)NCc1cccc(C(=O)O)c1. The van der Waals surface area contributed by atoms with Gasteiger partial charge >= 0.3 is 5.97 Å². The lowest BCUT2D eigenvalue weighted by atomic mass is 10.1. The minimum atomic E-state index is -0.987. The largest absolute Gasteiger partial charge is 0.492 e. The normalized spacial score (nSPS) is 10.3. The highest BCUT2D eigenvalue weighted by molar-refractivity contribution is 9.10. The van der Waals surface area contributed by atoms with Crippen LogP contribution in [0.4, 0.5) is 0 Å². The molecule has 2 rings (SSSR count). The van der Waals surface area contributed by atoms with E-state index in [0.29, 0.717) is 36.8 Å². The molecule has 2 N–H and O–H groups in total. The fourth-order valence-corrected chi connectivity index (χ4v) is 2.91. The predicted octanol–water partition coefficient (Wildman–Crippen LogP) is 4.28. The maximum Gasteiger partial charge on any atom is 0.335 e. The van der Waals surface area contributed by atoms with E-state index in [9.17, 15) is 9.59 Å². The van der Waals surface area contributed by atoms with E-state index in [4.69, 9.17) is 21.4 Å². The van der Waals surface area contributed by atoms with Crippen LogP contribution in [0.5, 0.6) is 5.75 Å². The second kappa shape index (κ2) is 9.44. The van der Waals surface area contributed by atoms with E-state index in [1.54, 1.807) is 36.4 Å². The number of carbonyl (C=O) groups is 2. The summed E-state index contributed by atoms with van der Waals surface area (Å²) in [7, 11) is 0. The highest BCUT2D eigenvalue weighted by atomic mass is 79.9. The Labute approximate surface area is 159 Å². The molecule has 132 valence electrons. The van der Waals surface area contributed by atoms with Crippen LogP contribution in [0.1, 0.15) is 28.8 Å². The van der Waals surface area contributed by atoms with Gasteiger partial charge in [0, 0.05) is 18.0 Å². The highest BCUT2D eigenvalue weighted by Crippen LogP contribution is 2.28. The lowest BCUT2D eigenvalue weighted by Crippen LogP contribution is -2.23. The van der Waals surface area contributed by atoms with Crippen molar-refractivity contribution in [3.63, 3.8) is 0 Å². The Balaban J connectivity index is 1.70. The molecule has 2 aromatic rings. The fourth-order valence-electron chi connectivity index (χ4n) is 2.11. The van der Waals surface area contributed by atoms with Gasteiger partial charge in [-0.2, -0.15) is 0 Å². The van der Waals surface area contributed by atoms with Gasteiger partial charge in [-0.1, -0.05) is 23.7 Å². The van der Waals surface area contributed by atoms with Crippen LogP contribution in [0.3, 0.4) is 0 Å². The zero-order chi connectivity index (χ0) is 18.2. The Morgan fingerprint density at radius 2 is 2.00 bits per heavy atom. The van der Waals surface area contributed by atoms with Crippen molar-refractivity contribution < 1.29 is 19.4 Å². The van der Waals surface area contributed by atoms with Gasteiger partial charge in [-0.25, -0.2) is 4.79 Å². The number of rotatable bonds is 8. The van der Waals surface area contributed by atoms with Crippen molar-refractivity contribution in [1.82, 2.24) is 5.32 Å². The van der Waals surface area contributed by atoms with E-state index in [1.165, 1.54) is 6.07 Å². The van der Waals surface area contributed by atoms with Crippen LogP contribution in [-0.4, -0.2) is 23.6 Å². The number of nitrogens with one attached hydrogen (secondary N) is 1. The average Bonchev–Trinajstić information content (AvgIpc) is 2.58. The predicted molar refractivity (Wildman–Crippen MR) is 99.1 cm³/mol. The summed E-state index contributed by atoms with van der Waals surface area (Å²) in [6, 6.07) is 11.7. The molecular weight excluding hydrogens is 410 g/mol. The average molecular weight is 427 g/mol. The van der Waals surface area contributed by atoms with Gasteiger partial charge in [-0.15, -0.1) is 0 Å². The number of hydrogen-bond donors (Lipinski definition) is 2. The third-order valence-electron chi connectivity index (χ3n) is 3.36. The Morgan fingerprint density at radius 3 is 2.72 bits per heavy atom. The third kappa shape index (κ3) is 6.40. The van der Waals surface area contributed by atoms with Crippen LogP contribution in [-0.2, 0) is 11.3 Å². The first-order valence-corrected chi connectivity index (χ1v) is 8.79. The maximum atomic E-state index is 11.8. The number of halogens is 2. The van der Waals surface area contributed by atoms with E-state index in [2.05, 4.69) is 21.2 Å². The maximum absolute atomic E-state index is 11.8. The zero-order valence-electron chi connectivity index (χ0n) is 13.3. The smallest absolute Gasteiger partial charge is 0.335 e. The molecule has 2 aromatic carbocycles. The third-order valence-corrected chi connectivity index (χ3v) is 4.22. The Hall–Kier alpha value is -2.05. The minimum absolute atomic E-state index is 0.112. The summed E-state index contributed by atoms with van der Waals surface area (Å²) in [6.45, 7) is 0.700. The summed E-state index contributed by atoms with van der Waals surface area (Å²) in [6.07, 6.45) is 0.889. The van der Waals surface area contributed by atoms with Gasteiger partial charge in [-0.3, -0.25) is 4.79 Å². The summed E-state index contributed by atoms with van der Waals surface area (Å²) >= 11 is 9.23. The van der Waals surface area contributed by atoms with Crippen LogP contribution in [0, 0.1) is 0 Å². The summed E-state index contributed by atoms with van der Waals surface area (Å²) in [5.41, 5.74) is 0.947. The standard InChI is InChI=1S/C18H17BrClNO4/c19-15-10-14(20)6-7-16(15)25-8-2-5-17(22)21-11-12-3-1-4-13(9-12)18(23)24/h1,3-4,6-7,9-10H,2,5,8,11H2,(H,21,22)(H,23,24). The summed E-state index contributed by atoms with van der Waals surface area (Å²) in [5, 5.41) is 12.3. The number of ether oxygens (including phenoxy) is 1. The molecule has 5 nitrogen and oxygen atoms in total. The van der Waals surface area contributed by atoms with Crippen molar-refractivity contribution in [2.45, 2.75) is 19.4 Å². The first kappa shape index (κ1) is 19.3. The zero-order valence-corrected chi connectivity index (χ0v) is 15.6. The summed E-state index contributed by atoms with van der Waals surface area (Å²) in [5.74, 6) is -0.423. The summed E-state index contributed by atoms with van der Waals surface area (Å²) < 4.78 is 6.36. The van der Waals surface area contributed by atoms with Crippen LogP contribution >= 0.6 is 27.5 Å². The quantitative estimate of drug-likeness (QED) is 0.618. The van der Waals surface area contributed by atoms with Crippen molar-refractivity contribution in [1.29, 1.82) is 0 Å². The molecule has 0 heterocycles. The fraction of sp³-hybridized carbons (Fsp3) is 0.222. The molecule has 0 aliphatic heterocycles. The van der Waals surface area contributed by atoms with Crippen LogP contribution in [0.15, 0.2) is 46.9 Å². The van der Waals surface area contributed by atoms with E-state index < -0.39 is 5.97 Å². The highest BCUT2D eigenvalue weighted by Gasteiger charge is 2.06. The molecule has 0 atom stereocenters. The molecule has 0 aliphatic carbocycles. The second-order valence-electron chi connectivity index (χ2n) is 5.31. The van der Waals surface area contributed by atoms with Crippen molar-refractivity contribution in [2.75, 3.05) is 6.61 Å². The molecule has 0 saturated carbocycles. The van der Waals surface area contributed by atoms with Crippen molar-refractivity contribution >= 4 is 39.4 Å². The number of aromatic carboxylic acids is 1. The number of amides is 1. The van der Waals surface area contributed by atoms with Gasteiger partial charge in [0.05, 0.1) is 16.6 Å². The first-order chi connectivity index (χ1) is 12.0. The molecule has 0 aliphatic rings. The first-order valence-electron chi connectivity index (χ1n) is 7.62. The molecule has 0 saturated heterocycles. The Morgan fingerprint density at radius 1 is 1.20 bits per heavy atom. The van der Waals surface area contributed by atoms with Crippen molar-refractivity contribution in [3.05, 3.63) is 63.1 Å². The molecule has 0 aromatic heterocycles. The molecule has 0 unspecified atom stereocenters.